The highest BCUT2D eigenvalue weighted by Crippen LogP contribution is 2.27. The van der Waals surface area contributed by atoms with E-state index >= 15 is 0 Å². The highest BCUT2D eigenvalue weighted by Gasteiger charge is 2.13. The van der Waals surface area contributed by atoms with E-state index in [1.54, 1.807) is 50.6 Å². The van der Waals surface area contributed by atoms with Crippen molar-refractivity contribution in [2.45, 2.75) is 6.42 Å². The molecular formula is C24H25N3O4. The Morgan fingerprint density at radius 3 is 2.26 bits per heavy atom. The molecule has 0 fully saturated rings. The predicted molar refractivity (Wildman–Crippen MR) is 121 cm³/mol. The van der Waals surface area contributed by atoms with Crippen LogP contribution in [0.2, 0.25) is 0 Å². The van der Waals surface area contributed by atoms with Gasteiger partial charge in [0.05, 0.1) is 25.5 Å². The zero-order valence-electron chi connectivity index (χ0n) is 17.5. The molecule has 3 N–H and O–H groups in total. The van der Waals surface area contributed by atoms with Gasteiger partial charge in [-0.2, -0.15) is 0 Å². The van der Waals surface area contributed by atoms with Crippen LogP contribution in [0, 0.1) is 0 Å². The molecule has 31 heavy (non-hydrogen) atoms. The van der Waals surface area contributed by atoms with Crippen molar-refractivity contribution in [3.63, 3.8) is 0 Å². The van der Waals surface area contributed by atoms with Crippen LogP contribution in [0.4, 0.5) is 16.2 Å². The fourth-order valence-electron chi connectivity index (χ4n) is 3.05. The number of rotatable bonds is 8. The molecule has 0 saturated carbocycles. The molecule has 0 aromatic heterocycles. The van der Waals surface area contributed by atoms with Crippen LogP contribution in [0.3, 0.4) is 0 Å². The van der Waals surface area contributed by atoms with Gasteiger partial charge in [-0.1, -0.05) is 36.4 Å². The maximum absolute atomic E-state index is 12.7. The summed E-state index contributed by atoms with van der Waals surface area (Å²) in [5.41, 5.74) is 2.49. The molecule has 0 aliphatic heterocycles. The number of hydrogen-bond donors (Lipinski definition) is 3. The van der Waals surface area contributed by atoms with Gasteiger partial charge in [-0.3, -0.25) is 4.79 Å². The van der Waals surface area contributed by atoms with Crippen molar-refractivity contribution < 1.29 is 19.1 Å². The average molecular weight is 419 g/mol. The Balaban J connectivity index is 1.59. The second-order valence-corrected chi connectivity index (χ2v) is 6.69. The number of ether oxygens (including phenoxy) is 2. The molecule has 0 saturated heterocycles. The van der Waals surface area contributed by atoms with Crippen molar-refractivity contribution in [1.29, 1.82) is 0 Å². The number of anilines is 2. The van der Waals surface area contributed by atoms with Crippen molar-refractivity contribution >= 4 is 23.3 Å². The number of benzene rings is 3. The third-order valence-electron chi connectivity index (χ3n) is 4.60. The van der Waals surface area contributed by atoms with Crippen molar-refractivity contribution in [3.05, 3.63) is 83.9 Å². The minimum Gasteiger partial charge on any atom is -0.493 e. The minimum atomic E-state index is -0.420. The molecule has 7 heteroatoms. The van der Waals surface area contributed by atoms with E-state index < -0.39 is 6.03 Å². The zero-order chi connectivity index (χ0) is 22.1. The second kappa shape index (κ2) is 10.7. The Kier molecular flexibility index (Phi) is 7.48. The second-order valence-electron chi connectivity index (χ2n) is 6.69. The molecule has 0 spiro atoms. The molecule has 3 aromatic rings. The standard InChI is InChI=1S/C24H25N3O4/c1-30-21-13-12-17(16-22(21)31-2)14-15-25-23(28)19-10-6-7-11-20(19)27-24(29)26-18-8-4-3-5-9-18/h3-13,16H,14-15H2,1-2H3,(H,25,28)(H2,26,27,29). The van der Waals surface area contributed by atoms with Crippen LogP contribution in [-0.2, 0) is 6.42 Å². The third kappa shape index (κ3) is 5.99. The van der Waals surface area contributed by atoms with E-state index in [2.05, 4.69) is 16.0 Å². The van der Waals surface area contributed by atoms with E-state index in [-0.39, 0.29) is 5.91 Å². The number of nitrogens with one attached hydrogen (secondary N) is 3. The fourth-order valence-corrected chi connectivity index (χ4v) is 3.05. The summed E-state index contributed by atoms with van der Waals surface area (Å²) in [7, 11) is 3.17. The number of carbonyl (C=O) groups is 2. The Morgan fingerprint density at radius 2 is 1.52 bits per heavy atom. The lowest BCUT2D eigenvalue weighted by atomic mass is 10.1. The first-order valence-corrected chi connectivity index (χ1v) is 9.82. The van der Waals surface area contributed by atoms with Gasteiger partial charge < -0.3 is 25.4 Å². The maximum Gasteiger partial charge on any atom is 0.323 e. The molecule has 0 atom stereocenters. The van der Waals surface area contributed by atoms with Crippen LogP contribution >= 0.6 is 0 Å². The molecule has 0 bridgehead atoms. The van der Waals surface area contributed by atoms with Gasteiger partial charge in [0.25, 0.3) is 5.91 Å². The molecule has 0 unspecified atom stereocenters. The Labute approximate surface area is 181 Å². The summed E-state index contributed by atoms with van der Waals surface area (Å²) >= 11 is 0. The molecule has 3 rings (SSSR count). The van der Waals surface area contributed by atoms with E-state index in [1.807, 2.05) is 36.4 Å². The Hall–Kier alpha value is -4.00. The number of hydrogen-bond acceptors (Lipinski definition) is 4. The van der Waals surface area contributed by atoms with Crippen molar-refractivity contribution in [2.24, 2.45) is 0 Å². The van der Waals surface area contributed by atoms with Crippen LogP contribution in [0.5, 0.6) is 11.5 Å². The van der Waals surface area contributed by atoms with E-state index in [1.165, 1.54) is 0 Å². The van der Waals surface area contributed by atoms with E-state index in [9.17, 15) is 9.59 Å². The zero-order valence-corrected chi connectivity index (χ0v) is 17.5. The first-order chi connectivity index (χ1) is 15.1. The summed E-state index contributed by atoms with van der Waals surface area (Å²) in [6.45, 7) is 0.429. The van der Waals surface area contributed by atoms with Crippen LogP contribution in [0.15, 0.2) is 72.8 Å². The first kappa shape index (κ1) is 21.7. The van der Waals surface area contributed by atoms with Gasteiger partial charge in [0.2, 0.25) is 0 Å². The lowest BCUT2D eigenvalue weighted by molar-refractivity contribution is 0.0955. The monoisotopic (exact) mass is 419 g/mol. The Morgan fingerprint density at radius 1 is 0.806 bits per heavy atom. The number of methoxy groups -OCH3 is 2. The molecule has 3 amide bonds. The lowest BCUT2D eigenvalue weighted by Gasteiger charge is -2.13. The molecule has 3 aromatic carbocycles. The van der Waals surface area contributed by atoms with Gasteiger partial charge in [0.15, 0.2) is 11.5 Å². The summed E-state index contributed by atoms with van der Waals surface area (Å²) < 4.78 is 10.6. The number of amides is 3. The topological polar surface area (TPSA) is 88.7 Å². The van der Waals surface area contributed by atoms with Gasteiger partial charge in [-0.25, -0.2) is 4.79 Å². The van der Waals surface area contributed by atoms with Crippen molar-refractivity contribution in [3.8, 4) is 11.5 Å². The SMILES string of the molecule is COc1ccc(CCNC(=O)c2ccccc2NC(=O)Nc2ccccc2)cc1OC. The molecule has 0 radical (unpaired) electrons. The summed E-state index contributed by atoms with van der Waals surface area (Å²) in [6, 6.07) is 21.2. The lowest BCUT2D eigenvalue weighted by Crippen LogP contribution is -2.28. The van der Waals surface area contributed by atoms with E-state index in [4.69, 9.17) is 9.47 Å². The van der Waals surface area contributed by atoms with Crippen LogP contribution < -0.4 is 25.4 Å². The molecule has 0 heterocycles. The third-order valence-corrected chi connectivity index (χ3v) is 4.60. The normalized spacial score (nSPS) is 10.1. The maximum atomic E-state index is 12.7. The highest BCUT2D eigenvalue weighted by molar-refractivity contribution is 6.06. The van der Waals surface area contributed by atoms with E-state index in [0.29, 0.717) is 41.4 Å². The van der Waals surface area contributed by atoms with Crippen LogP contribution in [0.25, 0.3) is 0 Å². The van der Waals surface area contributed by atoms with Crippen molar-refractivity contribution in [1.82, 2.24) is 5.32 Å². The van der Waals surface area contributed by atoms with Gasteiger partial charge in [0, 0.05) is 12.2 Å². The number of urea groups is 1. The van der Waals surface area contributed by atoms with Crippen molar-refractivity contribution in [2.75, 3.05) is 31.4 Å². The summed E-state index contributed by atoms with van der Waals surface area (Å²) in [4.78, 5) is 25.0. The minimum absolute atomic E-state index is 0.268. The molecule has 160 valence electrons. The molecule has 0 aliphatic carbocycles. The van der Waals surface area contributed by atoms with Crippen LogP contribution in [0.1, 0.15) is 15.9 Å². The first-order valence-electron chi connectivity index (χ1n) is 9.82. The highest BCUT2D eigenvalue weighted by atomic mass is 16.5. The average Bonchev–Trinajstić information content (AvgIpc) is 2.79. The van der Waals surface area contributed by atoms with Gasteiger partial charge in [-0.15, -0.1) is 0 Å². The van der Waals surface area contributed by atoms with Gasteiger partial charge in [-0.05, 0) is 48.4 Å². The Bertz CT molecular complexity index is 1040. The van der Waals surface area contributed by atoms with Gasteiger partial charge in [0.1, 0.15) is 0 Å². The van der Waals surface area contributed by atoms with Crippen LogP contribution in [-0.4, -0.2) is 32.7 Å². The predicted octanol–water partition coefficient (Wildman–Crippen LogP) is 4.32. The number of para-hydroxylation sites is 2. The number of carbonyl (C=O) groups excluding carboxylic acids is 2. The summed E-state index contributed by atoms with van der Waals surface area (Å²) in [6.07, 6.45) is 0.621. The van der Waals surface area contributed by atoms with E-state index in [0.717, 1.165) is 5.56 Å². The summed E-state index contributed by atoms with van der Waals surface area (Å²) in [5.74, 6) is 1.03. The molecular weight excluding hydrogens is 394 g/mol. The van der Waals surface area contributed by atoms with Gasteiger partial charge >= 0.3 is 6.03 Å². The fraction of sp³-hybridized carbons (Fsp3) is 0.167. The summed E-state index contributed by atoms with van der Waals surface area (Å²) in [5, 5.41) is 8.37. The molecule has 7 nitrogen and oxygen atoms in total. The molecule has 0 aliphatic rings. The quantitative estimate of drug-likeness (QED) is 0.507. The largest absolute Gasteiger partial charge is 0.493 e. The smallest absolute Gasteiger partial charge is 0.323 e.